The molecule has 1 amide bonds. The standard InChI is InChI=1S/C14H17N3O3S2/c1-9(2)21-14-17-16-13(22-14)15-12(18)8-20-11-7-5-4-6-10(11)19-3/h4-7,9H,8H2,1-3H3,(H,15,16,18). The Kier molecular flexibility index (Phi) is 6.02. The smallest absolute Gasteiger partial charge is 0.264 e. The Morgan fingerprint density at radius 1 is 1.32 bits per heavy atom. The van der Waals surface area contributed by atoms with Gasteiger partial charge in [-0.2, -0.15) is 0 Å². The first-order valence-corrected chi connectivity index (χ1v) is 8.34. The van der Waals surface area contributed by atoms with Crippen LogP contribution in [0.4, 0.5) is 5.13 Å². The zero-order valence-electron chi connectivity index (χ0n) is 12.5. The largest absolute Gasteiger partial charge is 0.493 e. The average Bonchev–Trinajstić information content (AvgIpc) is 2.91. The lowest BCUT2D eigenvalue weighted by atomic mass is 10.3. The summed E-state index contributed by atoms with van der Waals surface area (Å²) in [6.07, 6.45) is 0. The number of amides is 1. The van der Waals surface area contributed by atoms with Gasteiger partial charge in [0.1, 0.15) is 0 Å². The normalized spacial score (nSPS) is 10.5. The van der Waals surface area contributed by atoms with E-state index in [1.807, 2.05) is 12.1 Å². The van der Waals surface area contributed by atoms with Crippen molar-refractivity contribution in [3.8, 4) is 11.5 Å². The van der Waals surface area contributed by atoms with Crippen LogP contribution in [0.1, 0.15) is 13.8 Å². The number of rotatable bonds is 7. The molecule has 22 heavy (non-hydrogen) atoms. The van der Waals surface area contributed by atoms with Crippen molar-refractivity contribution in [2.45, 2.75) is 23.4 Å². The second-order valence-electron chi connectivity index (χ2n) is 4.53. The average molecular weight is 339 g/mol. The first kappa shape index (κ1) is 16.6. The van der Waals surface area contributed by atoms with Crippen LogP contribution < -0.4 is 14.8 Å². The number of aromatic nitrogens is 2. The fourth-order valence-electron chi connectivity index (χ4n) is 1.55. The number of nitrogens with zero attached hydrogens (tertiary/aromatic N) is 2. The van der Waals surface area contributed by atoms with Crippen molar-refractivity contribution >= 4 is 34.1 Å². The maximum atomic E-state index is 11.9. The second-order valence-corrected chi connectivity index (χ2v) is 7.33. The molecular formula is C14H17N3O3S2. The Bertz CT molecular complexity index is 631. The number of hydrogen-bond donors (Lipinski definition) is 1. The van der Waals surface area contributed by atoms with Gasteiger partial charge in [0.2, 0.25) is 5.13 Å². The van der Waals surface area contributed by atoms with Crippen LogP contribution in [0.25, 0.3) is 0 Å². The highest BCUT2D eigenvalue weighted by Gasteiger charge is 2.11. The lowest BCUT2D eigenvalue weighted by molar-refractivity contribution is -0.118. The fourth-order valence-corrected chi connectivity index (χ4v) is 3.54. The third-order valence-corrected chi connectivity index (χ3v) is 4.34. The Morgan fingerprint density at radius 2 is 2.05 bits per heavy atom. The minimum absolute atomic E-state index is 0.118. The molecule has 0 aliphatic carbocycles. The summed E-state index contributed by atoms with van der Waals surface area (Å²) in [4.78, 5) is 11.9. The molecule has 0 aliphatic rings. The van der Waals surface area contributed by atoms with Gasteiger partial charge in [0.25, 0.3) is 5.91 Å². The Balaban J connectivity index is 1.86. The highest BCUT2D eigenvalue weighted by molar-refractivity contribution is 8.01. The fraction of sp³-hybridized carbons (Fsp3) is 0.357. The second kappa shape index (κ2) is 8.00. The van der Waals surface area contributed by atoms with Gasteiger partial charge in [-0.25, -0.2) is 0 Å². The minimum atomic E-state index is -0.289. The SMILES string of the molecule is COc1ccccc1OCC(=O)Nc1nnc(SC(C)C)s1. The molecule has 2 aromatic rings. The number of carbonyl (C=O) groups excluding carboxylic acids is 1. The van der Waals surface area contributed by atoms with Crippen LogP contribution in [-0.4, -0.2) is 35.1 Å². The van der Waals surface area contributed by atoms with Gasteiger partial charge < -0.3 is 9.47 Å². The first-order valence-electron chi connectivity index (χ1n) is 6.64. The zero-order valence-corrected chi connectivity index (χ0v) is 14.2. The van der Waals surface area contributed by atoms with Gasteiger partial charge >= 0.3 is 0 Å². The molecule has 0 radical (unpaired) electrons. The quantitative estimate of drug-likeness (QED) is 0.617. The predicted octanol–water partition coefficient (Wildman–Crippen LogP) is 3.06. The molecule has 2 rings (SSSR count). The molecule has 0 saturated heterocycles. The third-order valence-electron chi connectivity index (χ3n) is 2.42. The molecule has 1 aromatic heterocycles. The number of carbonyl (C=O) groups is 1. The van der Waals surface area contributed by atoms with Crippen LogP contribution in [0.5, 0.6) is 11.5 Å². The van der Waals surface area contributed by atoms with Crippen LogP contribution in [0.2, 0.25) is 0 Å². The summed E-state index contributed by atoms with van der Waals surface area (Å²) in [5.74, 6) is 0.818. The van der Waals surface area contributed by atoms with Crippen molar-refractivity contribution in [3.05, 3.63) is 24.3 Å². The van der Waals surface area contributed by atoms with E-state index in [0.29, 0.717) is 21.9 Å². The third kappa shape index (κ3) is 4.88. The molecule has 0 bridgehead atoms. The Morgan fingerprint density at radius 3 is 2.73 bits per heavy atom. The topological polar surface area (TPSA) is 73.3 Å². The first-order chi connectivity index (χ1) is 10.6. The molecule has 0 unspecified atom stereocenters. The van der Waals surface area contributed by atoms with E-state index in [0.717, 1.165) is 4.34 Å². The highest BCUT2D eigenvalue weighted by Crippen LogP contribution is 2.28. The number of hydrogen-bond acceptors (Lipinski definition) is 7. The van der Waals surface area contributed by atoms with Gasteiger partial charge in [0, 0.05) is 5.25 Å². The van der Waals surface area contributed by atoms with Crippen molar-refractivity contribution in [2.75, 3.05) is 19.0 Å². The Hall–Kier alpha value is -1.80. The lowest BCUT2D eigenvalue weighted by Gasteiger charge is -2.09. The van der Waals surface area contributed by atoms with Gasteiger partial charge in [0.05, 0.1) is 7.11 Å². The Labute approximate surface area is 137 Å². The number of nitrogens with one attached hydrogen (secondary N) is 1. The number of anilines is 1. The van der Waals surface area contributed by atoms with E-state index >= 15 is 0 Å². The molecule has 6 nitrogen and oxygen atoms in total. The molecule has 1 N–H and O–H groups in total. The summed E-state index contributed by atoms with van der Waals surface area (Å²) in [6.45, 7) is 4.03. The predicted molar refractivity (Wildman–Crippen MR) is 88.0 cm³/mol. The van der Waals surface area contributed by atoms with E-state index in [1.165, 1.54) is 11.3 Å². The maximum absolute atomic E-state index is 11.9. The molecule has 8 heteroatoms. The number of methoxy groups -OCH3 is 1. The van der Waals surface area contributed by atoms with E-state index in [9.17, 15) is 4.79 Å². The monoisotopic (exact) mass is 339 g/mol. The molecule has 1 heterocycles. The zero-order chi connectivity index (χ0) is 15.9. The summed E-state index contributed by atoms with van der Waals surface area (Å²) in [5, 5.41) is 11.5. The van der Waals surface area contributed by atoms with Crippen LogP contribution in [-0.2, 0) is 4.79 Å². The van der Waals surface area contributed by atoms with Crippen molar-refractivity contribution < 1.29 is 14.3 Å². The summed E-state index contributed by atoms with van der Waals surface area (Å²) >= 11 is 2.95. The molecule has 118 valence electrons. The van der Waals surface area contributed by atoms with Crippen molar-refractivity contribution in [1.29, 1.82) is 0 Å². The maximum Gasteiger partial charge on any atom is 0.264 e. The van der Waals surface area contributed by atoms with Gasteiger partial charge in [0.15, 0.2) is 22.4 Å². The molecule has 0 fully saturated rings. The summed E-state index contributed by atoms with van der Waals surface area (Å²) in [6, 6.07) is 7.17. The van der Waals surface area contributed by atoms with E-state index in [4.69, 9.17) is 9.47 Å². The van der Waals surface area contributed by atoms with Gasteiger partial charge in [-0.05, 0) is 12.1 Å². The van der Waals surface area contributed by atoms with Gasteiger partial charge in [-0.3, -0.25) is 10.1 Å². The van der Waals surface area contributed by atoms with E-state index in [1.54, 1.807) is 31.0 Å². The highest BCUT2D eigenvalue weighted by atomic mass is 32.2. The van der Waals surface area contributed by atoms with Gasteiger partial charge in [-0.15, -0.1) is 10.2 Å². The summed E-state index contributed by atoms with van der Waals surface area (Å²) < 4.78 is 11.4. The number of para-hydroxylation sites is 2. The van der Waals surface area contributed by atoms with Crippen LogP contribution in [0.15, 0.2) is 28.6 Å². The van der Waals surface area contributed by atoms with E-state index in [2.05, 4.69) is 29.4 Å². The molecule has 0 aliphatic heterocycles. The van der Waals surface area contributed by atoms with Crippen LogP contribution >= 0.6 is 23.1 Å². The van der Waals surface area contributed by atoms with Crippen molar-refractivity contribution in [3.63, 3.8) is 0 Å². The summed E-state index contributed by atoms with van der Waals surface area (Å²) in [5.41, 5.74) is 0. The number of benzene rings is 1. The number of ether oxygens (including phenoxy) is 2. The molecule has 0 spiro atoms. The van der Waals surface area contributed by atoms with E-state index < -0.39 is 0 Å². The van der Waals surface area contributed by atoms with Crippen LogP contribution in [0, 0.1) is 0 Å². The van der Waals surface area contributed by atoms with Gasteiger partial charge in [-0.1, -0.05) is 49.1 Å². The molecule has 1 aromatic carbocycles. The molecular weight excluding hydrogens is 322 g/mol. The molecule has 0 atom stereocenters. The lowest BCUT2D eigenvalue weighted by Crippen LogP contribution is -2.20. The van der Waals surface area contributed by atoms with Crippen molar-refractivity contribution in [1.82, 2.24) is 10.2 Å². The molecule has 0 saturated carbocycles. The van der Waals surface area contributed by atoms with E-state index in [-0.39, 0.29) is 12.5 Å². The van der Waals surface area contributed by atoms with Crippen LogP contribution in [0.3, 0.4) is 0 Å². The number of thioether (sulfide) groups is 1. The minimum Gasteiger partial charge on any atom is -0.493 e. The van der Waals surface area contributed by atoms with Crippen molar-refractivity contribution in [2.24, 2.45) is 0 Å². The summed E-state index contributed by atoms with van der Waals surface area (Å²) in [7, 11) is 1.55.